The number of nitrogens with one attached hydrogen (secondary N) is 1. The van der Waals surface area contributed by atoms with Crippen molar-refractivity contribution in [2.75, 3.05) is 4.72 Å². The molecule has 12 nitrogen and oxygen atoms in total. The normalized spacial score (nSPS) is 11.6. The maximum absolute atomic E-state index is 12.9. The zero-order valence-electron chi connectivity index (χ0n) is 21.6. The van der Waals surface area contributed by atoms with Gasteiger partial charge in [0.15, 0.2) is 5.69 Å². The highest BCUT2D eigenvalue weighted by Gasteiger charge is 2.24. The fourth-order valence-electron chi connectivity index (χ4n) is 4.01. The standard InChI is InChI=1S/C26H22N5O4S3.ClO3/c1-18-16-21(19-8-4-2-5-9-19)17-24(20-10-6-3-7-11-20)31(18)22-12-14-23(15-13-22)38(34,35)30-25-28-29-26(36-25)37(27,32)33;2-1(3)4/h2-17H,1H3,(H,28,30)(H2,27,32,33);/q+1;-1. The average Bonchev–Trinajstić information content (AvgIpc) is 3.42. The third kappa shape index (κ3) is 7.72. The third-order valence-electron chi connectivity index (χ3n) is 5.70. The monoisotopic (exact) mass is 647 g/mol. The van der Waals surface area contributed by atoms with Crippen molar-refractivity contribution >= 4 is 36.5 Å². The number of aromatic nitrogens is 3. The number of rotatable bonds is 7. The van der Waals surface area contributed by atoms with E-state index in [1.54, 1.807) is 12.1 Å². The summed E-state index contributed by atoms with van der Waals surface area (Å²) in [7, 11) is -11.0. The first-order chi connectivity index (χ1) is 19.8. The summed E-state index contributed by atoms with van der Waals surface area (Å²) in [5.74, 6) is 0. The molecule has 0 aliphatic heterocycles. The van der Waals surface area contributed by atoms with Crippen molar-refractivity contribution in [3.8, 4) is 28.1 Å². The number of aryl methyl sites for hydroxylation is 1. The van der Waals surface area contributed by atoms with Crippen molar-refractivity contribution < 1.29 is 46.2 Å². The lowest BCUT2D eigenvalue weighted by Crippen LogP contribution is -2.42. The molecular weight excluding hydrogens is 626 g/mol. The van der Waals surface area contributed by atoms with Crippen LogP contribution in [0.3, 0.4) is 0 Å². The summed E-state index contributed by atoms with van der Waals surface area (Å²) in [5, 5.41) is 11.8. The van der Waals surface area contributed by atoms with E-state index in [0.717, 1.165) is 33.8 Å². The number of halogens is 1. The highest BCUT2D eigenvalue weighted by atomic mass is 35.6. The van der Waals surface area contributed by atoms with Crippen LogP contribution in [0, 0.1) is 17.7 Å². The van der Waals surface area contributed by atoms with Gasteiger partial charge in [0.25, 0.3) is 20.0 Å². The first kappa shape index (κ1) is 31.1. The summed E-state index contributed by atoms with van der Waals surface area (Å²) in [6.45, 7) is 2.00. The van der Waals surface area contributed by atoms with Gasteiger partial charge in [-0.2, -0.15) is 4.57 Å². The first-order valence-corrected chi connectivity index (χ1v) is 16.5. The molecule has 0 amide bonds. The summed E-state index contributed by atoms with van der Waals surface area (Å²) in [4.78, 5) is -0.0194. The molecular formula is C26H22ClN5O7S3. The Balaban J connectivity index is 0.000000952. The molecule has 3 aromatic carbocycles. The van der Waals surface area contributed by atoms with E-state index in [2.05, 4.69) is 43.8 Å². The summed E-state index contributed by atoms with van der Waals surface area (Å²) < 4.78 is 77.7. The lowest BCUT2D eigenvalue weighted by atomic mass is 10.0. The van der Waals surface area contributed by atoms with E-state index < -0.39 is 35.2 Å². The van der Waals surface area contributed by atoms with E-state index >= 15 is 0 Å². The van der Waals surface area contributed by atoms with E-state index in [-0.39, 0.29) is 10.0 Å². The molecule has 3 N–H and O–H groups in total. The van der Waals surface area contributed by atoms with Gasteiger partial charge in [-0.15, -0.1) is 10.2 Å². The second-order valence-corrected chi connectivity index (χ2v) is 13.3. The molecule has 0 bridgehead atoms. The number of pyridine rings is 1. The van der Waals surface area contributed by atoms with Crippen LogP contribution in [0.1, 0.15) is 5.69 Å². The van der Waals surface area contributed by atoms with Gasteiger partial charge in [0.05, 0.1) is 15.7 Å². The average molecular weight is 648 g/mol. The molecule has 0 unspecified atom stereocenters. The van der Waals surface area contributed by atoms with Crippen LogP contribution in [-0.4, -0.2) is 27.0 Å². The fraction of sp³-hybridized carbons (Fsp3) is 0.0385. The number of sulfonamides is 2. The maximum atomic E-state index is 12.9. The van der Waals surface area contributed by atoms with Crippen LogP contribution < -0.4 is 28.4 Å². The van der Waals surface area contributed by atoms with Crippen molar-refractivity contribution in [2.45, 2.75) is 16.2 Å². The van der Waals surface area contributed by atoms with E-state index in [1.807, 2.05) is 55.5 Å². The topological polar surface area (TPSA) is 205 Å². The minimum atomic E-state index is -4.08. The fourth-order valence-corrected chi connectivity index (χ4v) is 6.57. The Morgan fingerprint density at radius 2 is 1.33 bits per heavy atom. The number of anilines is 1. The molecule has 0 spiro atoms. The van der Waals surface area contributed by atoms with Crippen molar-refractivity contribution in [2.24, 2.45) is 5.14 Å². The Morgan fingerprint density at radius 3 is 1.86 bits per heavy atom. The van der Waals surface area contributed by atoms with E-state index in [4.69, 9.17) is 19.1 Å². The molecule has 218 valence electrons. The van der Waals surface area contributed by atoms with Crippen LogP contribution in [0.25, 0.3) is 28.1 Å². The van der Waals surface area contributed by atoms with Gasteiger partial charge in [-0.05, 0) is 35.4 Å². The van der Waals surface area contributed by atoms with Gasteiger partial charge in [0.2, 0.25) is 20.9 Å². The molecule has 0 fully saturated rings. The van der Waals surface area contributed by atoms with Gasteiger partial charge >= 0.3 is 0 Å². The summed E-state index contributed by atoms with van der Waals surface area (Å²) in [6, 6.07) is 30.6. The number of benzene rings is 3. The predicted molar refractivity (Wildman–Crippen MR) is 146 cm³/mol. The molecule has 42 heavy (non-hydrogen) atoms. The summed E-state index contributed by atoms with van der Waals surface area (Å²) in [5.41, 5.74) is 5.85. The molecule has 2 heterocycles. The minimum absolute atomic E-state index is 0.0194. The number of hydrogen-bond donors (Lipinski definition) is 2. The second kappa shape index (κ2) is 13.0. The van der Waals surface area contributed by atoms with E-state index in [0.29, 0.717) is 11.3 Å². The minimum Gasteiger partial charge on any atom is -0.357 e. The van der Waals surface area contributed by atoms with E-state index in [1.165, 1.54) is 12.1 Å². The molecule has 0 radical (unpaired) electrons. The molecule has 0 saturated heterocycles. The highest BCUT2D eigenvalue weighted by molar-refractivity contribution is 7.93. The molecule has 16 heteroatoms. The maximum Gasteiger partial charge on any atom is 0.267 e. The lowest BCUT2D eigenvalue weighted by molar-refractivity contribution is -1.73. The lowest BCUT2D eigenvalue weighted by Gasteiger charge is -2.11. The summed E-state index contributed by atoms with van der Waals surface area (Å²) in [6.07, 6.45) is 0. The summed E-state index contributed by atoms with van der Waals surface area (Å²) >= 11 is 0.533. The third-order valence-corrected chi connectivity index (χ3v) is 9.34. The van der Waals surface area contributed by atoms with Crippen LogP contribution in [0.2, 0.25) is 0 Å². The predicted octanol–water partition coefficient (Wildman–Crippen LogP) is 0.338. The van der Waals surface area contributed by atoms with Crippen LogP contribution >= 0.6 is 11.3 Å². The molecule has 0 aliphatic rings. The Morgan fingerprint density at radius 1 is 0.786 bits per heavy atom. The van der Waals surface area contributed by atoms with Crippen molar-refractivity contribution in [1.29, 1.82) is 0 Å². The highest BCUT2D eigenvalue weighted by Crippen LogP contribution is 2.27. The molecule has 2 aromatic heterocycles. The van der Waals surface area contributed by atoms with Crippen LogP contribution in [0.15, 0.2) is 106 Å². The number of nitrogens with zero attached hydrogens (tertiary/aromatic N) is 3. The smallest absolute Gasteiger partial charge is 0.267 e. The zero-order valence-corrected chi connectivity index (χ0v) is 24.8. The Kier molecular flexibility index (Phi) is 9.65. The van der Waals surface area contributed by atoms with Crippen molar-refractivity contribution in [1.82, 2.24) is 10.2 Å². The second-order valence-electron chi connectivity index (χ2n) is 8.54. The Bertz CT molecular complexity index is 1890. The number of nitrogens with two attached hydrogens (primary N) is 1. The number of hydrogen-bond acceptors (Lipinski definition) is 10. The number of primary sulfonamides is 1. The van der Waals surface area contributed by atoms with Gasteiger partial charge in [-0.25, -0.2) is 22.0 Å². The Labute approximate surface area is 248 Å². The van der Waals surface area contributed by atoms with Crippen molar-refractivity contribution in [3.63, 3.8) is 0 Å². The van der Waals surface area contributed by atoms with Crippen LogP contribution in [-0.2, 0) is 20.0 Å². The van der Waals surface area contributed by atoms with Crippen LogP contribution in [0.4, 0.5) is 5.13 Å². The van der Waals surface area contributed by atoms with E-state index in [9.17, 15) is 16.8 Å². The molecule has 5 aromatic rings. The van der Waals surface area contributed by atoms with Gasteiger partial charge in [0, 0.05) is 36.8 Å². The van der Waals surface area contributed by atoms with Gasteiger partial charge < -0.3 is 14.0 Å². The zero-order chi connectivity index (χ0) is 30.5. The molecule has 0 atom stereocenters. The largest absolute Gasteiger partial charge is 0.357 e. The van der Waals surface area contributed by atoms with Gasteiger partial charge in [0.1, 0.15) is 0 Å². The van der Waals surface area contributed by atoms with Gasteiger partial charge in [-0.3, -0.25) is 4.72 Å². The SMILES string of the molecule is Cc1cc(-c2ccccc2)cc(-c2ccccc2)[n+]1-c1ccc(S(=O)(=O)Nc2nnc(S(N)(=O)=O)s2)cc1.[O-][Cl+2]([O-])[O-]. The molecule has 0 aliphatic carbocycles. The molecule has 0 saturated carbocycles. The first-order valence-electron chi connectivity index (χ1n) is 11.8. The quantitative estimate of drug-likeness (QED) is 0.233. The van der Waals surface area contributed by atoms with Gasteiger partial charge in [-0.1, -0.05) is 59.9 Å². The van der Waals surface area contributed by atoms with Crippen molar-refractivity contribution in [3.05, 3.63) is 103 Å². The Hall–Kier alpha value is -3.80. The molecule has 5 rings (SSSR count). The van der Waals surface area contributed by atoms with Crippen LogP contribution in [0.5, 0.6) is 0 Å².